The summed E-state index contributed by atoms with van der Waals surface area (Å²) in [7, 11) is 5.70. The summed E-state index contributed by atoms with van der Waals surface area (Å²) in [5.41, 5.74) is 0. The zero-order valence-corrected chi connectivity index (χ0v) is 9.16. The molecule has 0 spiro atoms. The van der Waals surface area contributed by atoms with E-state index in [0.717, 1.165) is 6.42 Å². The summed E-state index contributed by atoms with van der Waals surface area (Å²) in [6.07, 6.45) is 3.10. The van der Waals surface area contributed by atoms with Gasteiger partial charge in [0.15, 0.2) is 0 Å². The monoisotopic (exact) mass is 212 g/mol. The molecule has 0 aliphatic heterocycles. The van der Waals surface area contributed by atoms with Crippen LogP contribution in [0.1, 0.15) is 13.3 Å². The smallest absolute Gasteiger partial charge is 0.0667 e. The van der Waals surface area contributed by atoms with E-state index in [1.165, 1.54) is 0 Å². The zero-order chi connectivity index (χ0) is 6.85. The molecule has 1 N–H and O–H groups in total. The van der Waals surface area contributed by atoms with Crippen molar-refractivity contribution in [2.24, 2.45) is 11.8 Å². The third kappa shape index (κ3) is 2.64. The van der Waals surface area contributed by atoms with Gasteiger partial charge in [-0.1, -0.05) is 13.3 Å². The second-order valence-corrected chi connectivity index (χ2v) is 2.89. The van der Waals surface area contributed by atoms with E-state index in [1.807, 2.05) is 0 Å². The number of hydrogen-bond donors (Lipinski definition) is 1. The predicted octanol–water partition coefficient (Wildman–Crippen LogP) is 0.793. The third-order valence-electron chi connectivity index (χ3n) is 2.06. The summed E-state index contributed by atoms with van der Waals surface area (Å²) in [5.74, 6) is 1.12. The van der Waals surface area contributed by atoms with Crippen molar-refractivity contribution in [3.63, 3.8) is 0 Å². The van der Waals surface area contributed by atoms with E-state index in [4.69, 9.17) is 13.0 Å². The molecule has 1 nitrogen and oxygen atoms in total. The first-order valence-corrected chi connectivity index (χ1v) is 3.45. The maximum atomic E-state index is 8.71. The Labute approximate surface area is 89.3 Å². The normalized spacial score (nSPS) is 39.2. The fourth-order valence-electron chi connectivity index (χ4n) is 1.35. The third-order valence-corrected chi connectivity index (χ3v) is 2.06. The molecule has 1 rings (SSSR count). The molecule has 0 amide bonds. The molecule has 1 aliphatic rings. The van der Waals surface area contributed by atoms with Crippen molar-refractivity contribution in [2.45, 2.75) is 19.2 Å². The van der Waals surface area contributed by atoms with Crippen molar-refractivity contribution in [3.8, 4) is 0 Å². The largest absolute Gasteiger partial charge is 0.399 e. The van der Waals surface area contributed by atoms with Crippen LogP contribution in [0.2, 0.25) is 5.82 Å². The molecule has 3 unspecified atom stereocenters. The van der Waals surface area contributed by atoms with E-state index >= 15 is 0 Å². The Morgan fingerprint density at radius 1 is 1.70 bits per heavy atom. The van der Waals surface area contributed by atoms with E-state index < -0.39 is 0 Å². The van der Waals surface area contributed by atoms with Gasteiger partial charge in [0.2, 0.25) is 0 Å². The van der Waals surface area contributed by atoms with Crippen molar-refractivity contribution in [1.82, 2.24) is 0 Å². The second kappa shape index (κ2) is 4.90. The first-order chi connectivity index (χ1) is 4.24. The zero-order valence-electron chi connectivity index (χ0n) is 6.33. The molecular formula is C7H12BOY-. The quantitative estimate of drug-likeness (QED) is 0.503. The van der Waals surface area contributed by atoms with E-state index in [1.54, 1.807) is 0 Å². The Hall–Kier alpha value is 1.13. The fraction of sp³-hybridized carbons (Fsp3) is 0.857. The molecule has 1 aliphatic carbocycles. The predicted molar refractivity (Wildman–Crippen MR) is 38.2 cm³/mol. The van der Waals surface area contributed by atoms with Crippen LogP contribution in [0.5, 0.6) is 0 Å². The van der Waals surface area contributed by atoms with Crippen molar-refractivity contribution < 1.29 is 37.8 Å². The van der Waals surface area contributed by atoms with Crippen molar-refractivity contribution in [1.29, 1.82) is 0 Å². The van der Waals surface area contributed by atoms with Crippen LogP contribution in [0, 0.1) is 18.3 Å². The van der Waals surface area contributed by atoms with E-state index in [9.17, 15) is 0 Å². The summed E-state index contributed by atoms with van der Waals surface area (Å²) in [5, 5.41) is 8.71. The Bertz CT molecular complexity index is 89.6. The topological polar surface area (TPSA) is 20.2 Å². The first-order valence-electron chi connectivity index (χ1n) is 3.45. The van der Waals surface area contributed by atoms with Crippen LogP contribution in [0.3, 0.4) is 0 Å². The number of hydrogen-bond acceptors (Lipinski definition) is 1. The molecule has 0 bridgehead atoms. The Balaban J connectivity index is 0.000000810. The van der Waals surface area contributed by atoms with Crippen LogP contribution in [0.4, 0.5) is 0 Å². The summed E-state index contributed by atoms with van der Waals surface area (Å²) in [6, 6.07) is 0. The molecule has 0 aromatic rings. The van der Waals surface area contributed by atoms with Crippen LogP contribution in [-0.2, 0) is 32.7 Å². The first kappa shape index (κ1) is 11.1. The van der Waals surface area contributed by atoms with Gasteiger partial charge in [-0.3, -0.25) is 0 Å². The summed E-state index contributed by atoms with van der Waals surface area (Å²) >= 11 is 0. The van der Waals surface area contributed by atoms with Gasteiger partial charge in [0.25, 0.3) is 0 Å². The average molecular weight is 212 g/mol. The standard InChI is InChI=1S/C7H12BO.Y/c1-5-2-6(4-9)3-7(5)8;/h2,5-7,9H,3-4H2,1H3;/q-1;. The molecule has 3 radical (unpaired) electrons. The summed E-state index contributed by atoms with van der Waals surface area (Å²) in [6.45, 7) is 2.36. The Kier molecular flexibility index (Phi) is 5.45. The van der Waals surface area contributed by atoms with Crippen LogP contribution < -0.4 is 0 Å². The molecule has 1 fully saturated rings. The molecule has 0 aromatic heterocycles. The maximum Gasteiger partial charge on any atom is 0.0667 e. The SMILES string of the molecule is [B]C1CC(CO)[CH-]C1C.[Y]. The second-order valence-electron chi connectivity index (χ2n) is 2.89. The van der Waals surface area contributed by atoms with Gasteiger partial charge in [0, 0.05) is 39.3 Å². The number of aliphatic hydroxyl groups excluding tert-OH is 1. The minimum Gasteiger partial charge on any atom is -0.399 e. The van der Waals surface area contributed by atoms with E-state index in [-0.39, 0.29) is 45.1 Å². The molecule has 10 heavy (non-hydrogen) atoms. The van der Waals surface area contributed by atoms with Gasteiger partial charge in [-0.2, -0.15) is 5.92 Å². The Morgan fingerprint density at radius 3 is 2.50 bits per heavy atom. The number of aliphatic hydroxyl groups is 1. The van der Waals surface area contributed by atoms with Gasteiger partial charge >= 0.3 is 0 Å². The molecule has 0 saturated heterocycles. The van der Waals surface area contributed by atoms with Gasteiger partial charge in [0.05, 0.1) is 7.85 Å². The van der Waals surface area contributed by atoms with Crippen molar-refractivity contribution in [3.05, 3.63) is 6.42 Å². The van der Waals surface area contributed by atoms with Gasteiger partial charge in [-0.15, -0.1) is 11.7 Å². The van der Waals surface area contributed by atoms with Crippen LogP contribution >= 0.6 is 0 Å². The van der Waals surface area contributed by atoms with Crippen LogP contribution in [0.15, 0.2) is 0 Å². The summed E-state index contributed by atoms with van der Waals surface area (Å²) < 4.78 is 0. The molecule has 3 atom stereocenters. The molecule has 1 saturated carbocycles. The molecule has 53 valence electrons. The molecule has 3 heteroatoms. The molecule has 0 aromatic carbocycles. The van der Waals surface area contributed by atoms with Crippen molar-refractivity contribution >= 4 is 7.85 Å². The van der Waals surface area contributed by atoms with E-state index in [2.05, 4.69) is 13.3 Å². The molecular weight excluding hydrogens is 200 g/mol. The van der Waals surface area contributed by atoms with Crippen LogP contribution in [0.25, 0.3) is 0 Å². The minimum atomic E-state index is 0. The Morgan fingerprint density at radius 2 is 2.30 bits per heavy atom. The molecule has 0 heterocycles. The average Bonchev–Trinajstić information content (AvgIpc) is 2.13. The maximum absolute atomic E-state index is 8.71. The van der Waals surface area contributed by atoms with Crippen LogP contribution in [-0.4, -0.2) is 19.6 Å². The minimum absolute atomic E-state index is 0. The van der Waals surface area contributed by atoms with E-state index in [0.29, 0.717) is 11.8 Å². The van der Waals surface area contributed by atoms with Crippen molar-refractivity contribution in [2.75, 3.05) is 6.61 Å². The summed E-state index contributed by atoms with van der Waals surface area (Å²) in [4.78, 5) is 0. The van der Waals surface area contributed by atoms with Gasteiger partial charge < -0.3 is 11.5 Å². The van der Waals surface area contributed by atoms with Gasteiger partial charge in [0.1, 0.15) is 0 Å². The van der Waals surface area contributed by atoms with Gasteiger partial charge in [-0.25, -0.2) is 0 Å². The van der Waals surface area contributed by atoms with Gasteiger partial charge in [-0.05, 0) is 0 Å². The number of rotatable bonds is 1. The fourth-order valence-corrected chi connectivity index (χ4v) is 1.35.